The number of nitrogens with one attached hydrogen (secondary N) is 3. The molecule has 1 atom stereocenters. The summed E-state index contributed by atoms with van der Waals surface area (Å²) in [5.41, 5.74) is 0.294. The molecule has 1 amide bonds. The quantitative estimate of drug-likeness (QED) is 0.379. The second kappa shape index (κ2) is 10.2. The number of benzene rings is 1. The summed E-state index contributed by atoms with van der Waals surface area (Å²) >= 11 is 0. The number of aromatic hydroxyl groups is 1. The van der Waals surface area contributed by atoms with Gasteiger partial charge in [-0.2, -0.15) is 0 Å². The third kappa shape index (κ3) is 5.11. The van der Waals surface area contributed by atoms with Crippen molar-refractivity contribution in [3.05, 3.63) is 64.1 Å². The number of halogens is 1. The van der Waals surface area contributed by atoms with Crippen LogP contribution in [0.2, 0.25) is 0 Å². The molecule has 0 fully saturated rings. The van der Waals surface area contributed by atoms with E-state index in [1.807, 2.05) is 0 Å². The minimum atomic E-state index is -0.668. The summed E-state index contributed by atoms with van der Waals surface area (Å²) in [6.45, 7) is 4.75. The van der Waals surface area contributed by atoms with Crippen molar-refractivity contribution in [2.24, 2.45) is 0 Å². The van der Waals surface area contributed by atoms with Gasteiger partial charge in [0.2, 0.25) is 5.75 Å². The molecule has 0 bridgehead atoms. The van der Waals surface area contributed by atoms with Gasteiger partial charge in [-0.1, -0.05) is 12.1 Å². The molecule has 2 heterocycles. The van der Waals surface area contributed by atoms with Crippen LogP contribution in [-0.2, 0) is 13.1 Å². The summed E-state index contributed by atoms with van der Waals surface area (Å²) in [6.07, 6.45) is 4.93. The summed E-state index contributed by atoms with van der Waals surface area (Å²) < 4.78 is 15.1. The van der Waals surface area contributed by atoms with Gasteiger partial charge in [0.05, 0.1) is 6.04 Å². The molecule has 1 aliphatic rings. The van der Waals surface area contributed by atoms with Crippen molar-refractivity contribution < 1.29 is 14.3 Å². The predicted octanol–water partition coefficient (Wildman–Crippen LogP) is 2.45. The first-order chi connectivity index (χ1) is 15.0. The van der Waals surface area contributed by atoms with Gasteiger partial charge >= 0.3 is 0 Å². The summed E-state index contributed by atoms with van der Waals surface area (Å²) in [5.74, 6) is -1.28. The smallest absolute Gasteiger partial charge is 0.296 e. The van der Waals surface area contributed by atoms with Crippen LogP contribution in [0.3, 0.4) is 0 Å². The number of hydrogen-bond acceptors (Lipinski definition) is 6. The summed E-state index contributed by atoms with van der Waals surface area (Å²) in [5, 5.41) is 19.3. The molecule has 166 valence electrons. The van der Waals surface area contributed by atoms with E-state index in [-0.39, 0.29) is 18.3 Å². The standard InChI is InChI=1S/C22H28FN5O3/c1-3-4-10-25-17-12-15(23)9-8-14(17)13-26-21(30)18-19(29)22(31)28-11-6-5-7-16(24-2)20(28)27-18/h3,8-9,12,16,24-25,29H,1,4-7,10-11,13H2,2H3,(H,26,30). The largest absolute Gasteiger partial charge is 0.501 e. The lowest BCUT2D eigenvalue weighted by molar-refractivity contribution is 0.0941. The van der Waals surface area contributed by atoms with Crippen molar-refractivity contribution in [3.63, 3.8) is 0 Å². The van der Waals surface area contributed by atoms with Crippen LogP contribution >= 0.6 is 0 Å². The molecule has 0 saturated heterocycles. The number of anilines is 1. The van der Waals surface area contributed by atoms with Crippen molar-refractivity contribution in [2.45, 2.75) is 44.8 Å². The van der Waals surface area contributed by atoms with Crippen LogP contribution in [0.15, 0.2) is 35.6 Å². The molecule has 3 rings (SSSR count). The second-order valence-corrected chi connectivity index (χ2v) is 7.45. The van der Waals surface area contributed by atoms with E-state index in [2.05, 4.69) is 27.5 Å². The summed E-state index contributed by atoms with van der Waals surface area (Å²) in [4.78, 5) is 29.8. The summed E-state index contributed by atoms with van der Waals surface area (Å²) in [7, 11) is 1.77. The molecule has 8 nitrogen and oxygen atoms in total. The molecule has 1 aliphatic heterocycles. The van der Waals surface area contributed by atoms with E-state index >= 15 is 0 Å². The molecule has 0 saturated carbocycles. The monoisotopic (exact) mass is 429 g/mol. The second-order valence-electron chi connectivity index (χ2n) is 7.45. The van der Waals surface area contributed by atoms with Crippen LogP contribution in [0.4, 0.5) is 10.1 Å². The van der Waals surface area contributed by atoms with Crippen LogP contribution in [0.1, 0.15) is 53.6 Å². The highest BCUT2D eigenvalue weighted by molar-refractivity contribution is 5.94. The molecule has 0 aliphatic carbocycles. The van der Waals surface area contributed by atoms with Crippen LogP contribution in [0, 0.1) is 5.82 Å². The van der Waals surface area contributed by atoms with E-state index in [0.717, 1.165) is 19.3 Å². The van der Waals surface area contributed by atoms with Crippen molar-refractivity contribution in [2.75, 3.05) is 18.9 Å². The number of hydrogen-bond donors (Lipinski definition) is 4. The van der Waals surface area contributed by atoms with Gasteiger partial charge < -0.3 is 21.1 Å². The Bertz CT molecular complexity index is 1020. The Labute approximate surface area is 180 Å². The first-order valence-electron chi connectivity index (χ1n) is 10.4. The van der Waals surface area contributed by atoms with Crippen LogP contribution in [-0.4, -0.2) is 34.2 Å². The van der Waals surface area contributed by atoms with Gasteiger partial charge in [-0.25, -0.2) is 9.37 Å². The predicted molar refractivity (Wildman–Crippen MR) is 117 cm³/mol. The van der Waals surface area contributed by atoms with E-state index in [9.17, 15) is 19.1 Å². The highest BCUT2D eigenvalue weighted by Gasteiger charge is 2.26. The molecule has 4 N–H and O–H groups in total. The molecule has 9 heteroatoms. The van der Waals surface area contributed by atoms with Gasteiger partial charge in [0, 0.05) is 25.3 Å². The maximum absolute atomic E-state index is 13.6. The Kier molecular flexibility index (Phi) is 7.41. The lowest BCUT2D eigenvalue weighted by Gasteiger charge is -2.18. The minimum absolute atomic E-state index is 0.0739. The third-order valence-corrected chi connectivity index (χ3v) is 5.35. The van der Waals surface area contributed by atoms with Crippen LogP contribution < -0.4 is 21.5 Å². The van der Waals surface area contributed by atoms with Gasteiger partial charge in [0.1, 0.15) is 11.6 Å². The molecule has 0 radical (unpaired) electrons. The van der Waals surface area contributed by atoms with Crippen molar-refractivity contribution in [1.82, 2.24) is 20.2 Å². The van der Waals surface area contributed by atoms with Crippen molar-refractivity contribution in [1.29, 1.82) is 0 Å². The lowest BCUT2D eigenvalue weighted by Crippen LogP contribution is -2.33. The normalized spacial score (nSPS) is 15.6. The van der Waals surface area contributed by atoms with E-state index in [0.29, 0.717) is 36.6 Å². The van der Waals surface area contributed by atoms with E-state index < -0.39 is 23.0 Å². The van der Waals surface area contributed by atoms with Gasteiger partial charge in [0.25, 0.3) is 11.5 Å². The number of aromatic nitrogens is 2. The first-order valence-corrected chi connectivity index (χ1v) is 10.4. The van der Waals surface area contributed by atoms with Gasteiger partial charge in [-0.15, -0.1) is 6.58 Å². The summed E-state index contributed by atoms with van der Waals surface area (Å²) in [6, 6.07) is 4.05. The molecule has 1 aromatic carbocycles. The van der Waals surface area contributed by atoms with Crippen molar-refractivity contribution >= 4 is 11.6 Å². The maximum Gasteiger partial charge on any atom is 0.296 e. The topological polar surface area (TPSA) is 108 Å². The number of carbonyl (C=O) groups is 1. The number of fused-ring (bicyclic) bond motifs is 1. The van der Waals surface area contributed by atoms with E-state index in [4.69, 9.17) is 0 Å². The van der Waals surface area contributed by atoms with E-state index in [1.54, 1.807) is 19.2 Å². The molecule has 31 heavy (non-hydrogen) atoms. The average molecular weight is 429 g/mol. The molecule has 0 spiro atoms. The Morgan fingerprint density at radius 3 is 2.97 bits per heavy atom. The number of carbonyl (C=O) groups excluding carboxylic acids is 1. The lowest BCUT2D eigenvalue weighted by atomic mass is 10.1. The Morgan fingerprint density at radius 1 is 1.42 bits per heavy atom. The fourth-order valence-electron chi connectivity index (χ4n) is 3.66. The molecular formula is C22H28FN5O3. The zero-order chi connectivity index (χ0) is 22.4. The molecule has 1 aromatic heterocycles. The van der Waals surface area contributed by atoms with E-state index in [1.165, 1.54) is 16.7 Å². The van der Waals surface area contributed by atoms with Gasteiger partial charge in [-0.05, 0) is 50.4 Å². The third-order valence-electron chi connectivity index (χ3n) is 5.35. The fourth-order valence-corrected chi connectivity index (χ4v) is 3.66. The number of nitrogens with zero attached hydrogens (tertiary/aromatic N) is 2. The highest BCUT2D eigenvalue weighted by Crippen LogP contribution is 2.24. The minimum Gasteiger partial charge on any atom is -0.501 e. The zero-order valence-corrected chi connectivity index (χ0v) is 17.6. The average Bonchev–Trinajstić information content (AvgIpc) is 2.97. The Balaban J connectivity index is 1.83. The van der Waals surface area contributed by atoms with Crippen LogP contribution in [0.25, 0.3) is 0 Å². The number of rotatable bonds is 8. The molecule has 1 unspecified atom stereocenters. The zero-order valence-electron chi connectivity index (χ0n) is 17.6. The highest BCUT2D eigenvalue weighted by atomic mass is 19.1. The van der Waals surface area contributed by atoms with Gasteiger partial charge in [0.15, 0.2) is 5.69 Å². The Hall–Kier alpha value is -3.20. The molecular weight excluding hydrogens is 401 g/mol. The molecule has 2 aromatic rings. The first kappa shape index (κ1) is 22.5. The van der Waals surface area contributed by atoms with Crippen LogP contribution in [0.5, 0.6) is 5.75 Å². The SMILES string of the molecule is C=CCCNc1cc(F)ccc1CNC(=O)c1nc2n(c(=O)c1O)CCCCC2NC. The van der Waals surface area contributed by atoms with Gasteiger partial charge in [-0.3, -0.25) is 14.2 Å². The Morgan fingerprint density at radius 2 is 2.23 bits per heavy atom. The number of amides is 1. The maximum atomic E-state index is 13.6. The van der Waals surface area contributed by atoms with Crippen molar-refractivity contribution in [3.8, 4) is 5.75 Å². The fraction of sp³-hybridized carbons (Fsp3) is 0.409.